The largest absolute Gasteiger partial charge is 0.368 e. The predicted octanol–water partition coefficient (Wildman–Crippen LogP) is 3.28. The Hall–Kier alpha value is -0.570. The van der Waals surface area contributed by atoms with Crippen molar-refractivity contribution in [1.82, 2.24) is 5.32 Å². The molecule has 1 N–H and O–H groups in total. The van der Waals surface area contributed by atoms with Crippen LogP contribution in [-0.4, -0.2) is 24.7 Å². The number of rotatable bonds is 4. The van der Waals surface area contributed by atoms with Gasteiger partial charge in [-0.2, -0.15) is 0 Å². The lowest BCUT2D eigenvalue weighted by atomic mass is 9.47. The van der Waals surface area contributed by atoms with E-state index >= 15 is 0 Å². The van der Waals surface area contributed by atoms with E-state index in [2.05, 4.69) is 12.2 Å². The molecular formula is C18H29NO2. The quantitative estimate of drug-likeness (QED) is 0.863. The summed E-state index contributed by atoms with van der Waals surface area (Å²) >= 11 is 0. The molecule has 0 aromatic carbocycles. The molecule has 0 radical (unpaired) electrons. The van der Waals surface area contributed by atoms with Crippen LogP contribution in [0, 0.1) is 23.2 Å². The van der Waals surface area contributed by atoms with Gasteiger partial charge in [-0.15, -0.1) is 0 Å². The lowest BCUT2D eigenvalue weighted by Crippen LogP contribution is -2.57. The maximum absolute atomic E-state index is 12.5. The zero-order valence-electron chi connectivity index (χ0n) is 13.3. The SMILES string of the molecule is CC[C@H](NC(=O)[C@H]1CCCO1)C12CC3CC(CC(C3)C1)C2. The third-order valence-electron chi connectivity index (χ3n) is 6.77. The standard InChI is InChI=1S/C18H29NO2/c1-2-16(19-17(20)15-4-3-5-21-15)18-9-12-6-13(10-18)8-14(7-12)11-18/h12-16H,2-11H2,1H3,(H,19,20)/t12?,13?,14?,15-,16+,18?/m1/s1. The molecule has 0 aromatic heterocycles. The Kier molecular flexibility index (Phi) is 3.52. The van der Waals surface area contributed by atoms with Crippen molar-refractivity contribution in [2.45, 2.75) is 76.9 Å². The third-order valence-corrected chi connectivity index (χ3v) is 6.77. The minimum absolute atomic E-state index is 0.162. The van der Waals surface area contributed by atoms with Gasteiger partial charge in [-0.1, -0.05) is 6.92 Å². The molecule has 2 atom stereocenters. The fourth-order valence-corrected chi connectivity index (χ4v) is 6.34. The molecular weight excluding hydrogens is 262 g/mol. The van der Waals surface area contributed by atoms with Crippen LogP contribution in [0.1, 0.15) is 64.7 Å². The second-order valence-corrected chi connectivity index (χ2v) is 8.25. The van der Waals surface area contributed by atoms with Gasteiger partial charge in [-0.25, -0.2) is 0 Å². The van der Waals surface area contributed by atoms with Gasteiger partial charge >= 0.3 is 0 Å². The zero-order chi connectivity index (χ0) is 14.4. The first-order valence-corrected chi connectivity index (χ1v) is 9.10. The van der Waals surface area contributed by atoms with E-state index in [0.29, 0.717) is 11.5 Å². The first kappa shape index (κ1) is 14.0. The van der Waals surface area contributed by atoms with Crippen molar-refractivity contribution in [3.8, 4) is 0 Å². The Morgan fingerprint density at radius 1 is 1.19 bits per heavy atom. The summed E-state index contributed by atoms with van der Waals surface area (Å²) in [6, 6.07) is 0.377. The highest BCUT2D eigenvalue weighted by Gasteiger charge is 2.54. The number of hydrogen-bond donors (Lipinski definition) is 1. The molecule has 118 valence electrons. The normalized spacial score (nSPS) is 45.8. The van der Waals surface area contributed by atoms with E-state index in [0.717, 1.165) is 43.6 Å². The molecule has 3 heteroatoms. The summed E-state index contributed by atoms with van der Waals surface area (Å²) in [6.07, 6.45) is 11.3. The van der Waals surface area contributed by atoms with Crippen molar-refractivity contribution in [1.29, 1.82) is 0 Å². The van der Waals surface area contributed by atoms with Crippen molar-refractivity contribution in [2.75, 3.05) is 6.61 Å². The summed E-state index contributed by atoms with van der Waals surface area (Å²) in [7, 11) is 0. The van der Waals surface area contributed by atoms with Gasteiger partial charge in [-0.05, 0) is 81.0 Å². The van der Waals surface area contributed by atoms with Crippen LogP contribution in [0.3, 0.4) is 0 Å². The second kappa shape index (κ2) is 5.26. The van der Waals surface area contributed by atoms with Crippen LogP contribution in [0.4, 0.5) is 0 Å². The number of carbonyl (C=O) groups excluding carboxylic acids is 1. The van der Waals surface area contributed by atoms with Crippen LogP contribution in [0.25, 0.3) is 0 Å². The Labute approximate surface area is 128 Å². The van der Waals surface area contributed by atoms with Crippen molar-refractivity contribution in [3.63, 3.8) is 0 Å². The first-order valence-electron chi connectivity index (χ1n) is 9.10. The molecule has 0 unspecified atom stereocenters. The molecule has 21 heavy (non-hydrogen) atoms. The van der Waals surface area contributed by atoms with Gasteiger partial charge in [0.2, 0.25) is 5.91 Å². The van der Waals surface area contributed by atoms with Crippen LogP contribution in [0.5, 0.6) is 0 Å². The molecule has 1 amide bonds. The average Bonchev–Trinajstić information content (AvgIpc) is 2.97. The lowest BCUT2D eigenvalue weighted by molar-refractivity contribution is -0.135. The Morgan fingerprint density at radius 2 is 1.81 bits per heavy atom. The number of ether oxygens (including phenoxy) is 1. The summed E-state index contributed by atoms with van der Waals surface area (Å²) in [4.78, 5) is 12.5. The van der Waals surface area contributed by atoms with Gasteiger partial charge in [0.1, 0.15) is 6.10 Å². The number of carbonyl (C=O) groups is 1. The average molecular weight is 291 g/mol. The predicted molar refractivity (Wildman–Crippen MR) is 81.8 cm³/mol. The molecule has 0 aromatic rings. The van der Waals surface area contributed by atoms with E-state index < -0.39 is 0 Å². The second-order valence-electron chi connectivity index (χ2n) is 8.25. The molecule has 5 rings (SSSR count). The maximum atomic E-state index is 12.5. The molecule has 5 fully saturated rings. The molecule has 3 nitrogen and oxygen atoms in total. The summed E-state index contributed by atoms with van der Waals surface area (Å²) < 4.78 is 5.57. The third kappa shape index (κ3) is 2.42. The molecule has 4 bridgehead atoms. The summed E-state index contributed by atoms with van der Waals surface area (Å²) in [5.41, 5.74) is 0.414. The van der Waals surface area contributed by atoms with Crippen molar-refractivity contribution in [2.24, 2.45) is 23.2 Å². The Morgan fingerprint density at radius 3 is 2.29 bits per heavy atom. The van der Waals surface area contributed by atoms with Crippen LogP contribution < -0.4 is 5.32 Å². The molecule has 4 aliphatic carbocycles. The zero-order valence-corrected chi connectivity index (χ0v) is 13.3. The lowest BCUT2D eigenvalue weighted by Gasteiger charge is -2.59. The minimum Gasteiger partial charge on any atom is -0.368 e. The number of amides is 1. The summed E-state index contributed by atoms with van der Waals surface area (Å²) in [5.74, 6) is 3.01. The van der Waals surface area contributed by atoms with E-state index in [4.69, 9.17) is 4.74 Å². The van der Waals surface area contributed by atoms with E-state index in [9.17, 15) is 4.79 Å². The van der Waals surface area contributed by atoms with Gasteiger partial charge in [0.25, 0.3) is 0 Å². The minimum atomic E-state index is -0.173. The molecule has 1 saturated heterocycles. The van der Waals surface area contributed by atoms with E-state index in [1.54, 1.807) is 0 Å². The van der Waals surface area contributed by atoms with Crippen LogP contribution in [-0.2, 0) is 9.53 Å². The van der Waals surface area contributed by atoms with Gasteiger partial charge in [0.15, 0.2) is 0 Å². The van der Waals surface area contributed by atoms with Gasteiger partial charge in [0.05, 0.1) is 0 Å². The van der Waals surface area contributed by atoms with E-state index in [1.165, 1.54) is 38.5 Å². The maximum Gasteiger partial charge on any atom is 0.249 e. The number of hydrogen-bond acceptors (Lipinski definition) is 2. The van der Waals surface area contributed by atoms with Gasteiger partial charge in [-0.3, -0.25) is 4.79 Å². The Bertz CT molecular complexity index is 378. The van der Waals surface area contributed by atoms with E-state index in [1.807, 2.05) is 0 Å². The van der Waals surface area contributed by atoms with Gasteiger partial charge < -0.3 is 10.1 Å². The Balaban J connectivity index is 1.48. The molecule has 5 aliphatic rings. The first-order chi connectivity index (χ1) is 10.2. The van der Waals surface area contributed by atoms with Crippen molar-refractivity contribution < 1.29 is 9.53 Å². The van der Waals surface area contributed by atoms with Crippen LogP contribution in [0.2, 0.25) is 0 Å². The van der Waals surface area contributed by atoms with Crippen LogP contribution in [0.15, 0.2) is 0 Å². The highest BCUT2D eigenvalue weighted by atomic mass is 16.5. The van der Waals surface area contributed by atoms with Crippen LogP contribution >= 0.6 is 0 Å². The molecule has 4 saturated carbocycles. The summed E-state index contributed by atoms with van der Waals surface area (Å²) in [5, 5.41) is 3.40. The fourth-order valence-electron chi connectivity index (χ4n) is 6.34. The fraction of sp³-hybridized carbons (Fsp3) is 0.944. The van der Waals surface area contributed by atoms with Crippen molar-refractivity contribution in [3.05, 3.63) is 0 Å². The molecule has 1 heterocycles. The van der Waals surface area contributed by atoms with E-state index in [-0.39, 0.29) is 12.0 Å². The highest BCUT2D eigenvalue weighted by molar-refractivity contribution is 5.81. The monoisotopic (exact) mass is 291 g/mol. The smallest absolute Gasteiger partial charge is 0.249 e. The topological polar surface area (TPSA) is 38.3 Å². The summed E-state index contributed by atoms with van der Waals surface area (Å²) in [6.45, 7) is 3.01. The van der Waals surface area contributed by atoms with Crippen molar-refractivity contribution >= 4 is 5.91 Å². The highest BCUT2D eigenvalue weighted by Crippen LogP contribution is 2.61. The molecule has 1 aliphatic heterocycles. The number of nitrogens with one attached hydrogen (secondary N) is 1. The molecule has 0 spiro atoms. The van der Waals surface area contributed by atoms with Gasteiger partial charge in [0, 0.05) is 12.6 Å².